The molecule has 3 nitrogen and oxygen atoms in total. The molecule has 64 valence electrons. The first-order chi connectivity index (χ1) is 5.13. The van der Waals surface area contributed by atoms with Crippen molar-refractivity contribution in [1.29, 1.82) is 0 Å². The minimum Gasteiger partial charge on any atom is -0.377 e. The van der Waals surface area contributed by atoms with Crippen LogP contribution in [-0.2, 0) is 9.53 Å². The summed E-state index contributed by atoms with van der Waals surface area (Å²) in [5, 5.41) is 0. The molecule has 1 heterocycles. The molecule has 0 aliphatic carbocycles. The Kier molecular flexibility index (Phi) is 2.49. The van der Waals surface area contributed by atoms with Crippen molar-refractivity contribution in [3.63, 3.8) is 0 Å². The average Bonchev–Trinajstić information content (AvgIpc) is 1.82. The van der Waals surface area contributed by atoms with E-state index in [2.05, 4.69) is 0 Å². The summed E-state index contributed by atoms with van der Waals surface area (Å²) in [5.74, 6) is 0.305. The summed E-state index contributed by atoms with van der Waals surface area (Å²) in [6.45, 7) is 5.24. The highest BCUT2D eigenvalue weighted by molar-refractivity contribution is 5.78. The Morgan fingerprint density at radius 2 is 2.09 bits per heavy atom. The summed E-state index contributed by atoms with van der Waals surface area (Å²) in [5.41, 5.74) is 0. The first-order valence-corrected chi connectivity index (χ1v) is 3.97. The van der Waals surface area contributed by atoms with Crippen LogP contribution in [0.25, 0.3) is 0 Å². The molecule has 0 unspecified atom stereocenters. The van der Waals surface area contributed by atoms with Crippen LogP contribution in [0.15, 0.2) is 0 Å². The van der Waals surface area contributed by atoms with E-state index < -0.39 is 0 Å². The zero-order chi connectivity index (χ0) is 8.43. The van der Waals surface area contributed by atoms with Gasteiger partial charge in [-0.2, -0.15) is 0 Å². The zero-order valence-corrected chi connectivity index (χ0v) is 7.33. The van der Waals surface area contributed by atoms with Gasteiger partial charge in [-0.1, -0.05) is 13.8 Å². The van der Waals surface area contributed by atoms with Gasteiger partial charge < -0.3 is 9.64 Å². The summed E-state index contributed by atoms with van der Waals surface area (Å²) in [6, 6.07) is 0.324. The first kappa shape index (κ1) is 8.53. The number of hydrogen-bond donors (Lipinski definition) is 0. The third kappa shape index (κ3) is 1.71. The standard InChI is InChI=1S/C8H15NO2/c1-6(2)8(10)9(3)7-4-11-5-7/h6-7H,4-5H2,1-3H3. The van der Waals surface area contributed by atoms with E-state index in [-0.39, 0.29) is 11.8 Å². The number of carbonyl (C=O) groups is 1. The Bertz CT molecular complexity index is 152. The number of carbonyl (C=O) groups excluding carboxylic acids is 1. The SMILES string of the molecule is CC(C)C(=O)N(C)C1COC1. The van der Waals surface area contributed by atoms with Gasteiger partial charge in [-0.15, -0.1) is 0 Å². The lowest BCUT2D eigenvalue weighted by molar-refractivity contribution is -0.144. The maximum absolute atomic E-state index is 11.3. The monoisotopic (exact) mass is 157 g/mol. The lowest BCUT2D eigenvalue weighted by atomic mass is 10.1. The van der Waals surface area contributed by atoms with E-state index >= 15 is 0 Å². The third-order valence-corrected chi connectivity index (χ3v) is 2.01. The number of rotatable bonds is 2. The van der Waals surface area contributed by atoms with Crippen molar-refractivity contribution in [3.05, 3.63) is 0 Å². The van der Waals surface area contributed by atoms with Gasteiger partial charge in [0.1, 0.15) is 0 Å². The molecule has 0 bridgehead atoms. The van der Waals surface area contributed by atoms with Crippen LogP contribution in [0.2, 0.25) is 0 Å². The second kappa shape index (κ2) is 3.22. The normalized spacial score (nSPS) is 18.2. The fourth-order valence-corrected chi connectivity index (χ4v) is 1.03. The molecule has 0 aromatic rings. The molecule has 1 aliphatic rings. The maximum Gasteiger partial charge on any atom is 0.225 e. The summed E-state index contributed by atoms with van der Waals surface area (Å²) in [6.07, 6.45) is 0. The molecule has 0 saturated carbocycles. The number of ether oxygens (including phenoxy) is 1. The Hall–Kier alpha value is -0.570. The van der Waals surface area contributed by atoms with Gasteiger partial charge in [0.25, 0.3) is 0 Å². The summed E-state index contributed by atoms with van der Waals surface area (Å²) in [7, 11) is 1.84. The molecule has 0 atom stereocenters. The first-order valence-electron chi connectivity index (χ1n) is 3.97. The molecule has 1 fully saturated rings. The Balaban J connectivity index is 2.39. The van der Waals surface area contributed by atoms with Gasteiger partial charge in [0.05, 0.1) is 19.3 Å². The molecular weight excluding hydrogens is 142 g/mol. The fourth-order valence-electron chi connectivity index (χ4n) is 1.03. The van der Waals surface area contributed by atoms with E-state index in [4.69, 9.17) is 4.74 Å². The number of nitrogens with zero attached hydrogens (tertiary/aromatic N) is 1. The summed E-state index contributed by atoms with van der Waals surface area (Å²) >= 11 is 0. The van der Waals surface area contributed by atoms with Gasteiger partial charge in [0.2, 0.25) is 5.91 Å². The lowest BCUT2D eigenvalue weighted by Gasteiger charge is -2.35. The van der Waals surface area contributed by atoms with Crippen LogP contribution in [0.4, 0.5) is 0 Å². The van der Waals surface area contributed by atoms with Crippen molar-refractivity contribution in [2.24, 2.45) is 5.92 Å². The fraction of sp³-hybridized carbons (Fsp3) is 0.875. The van der Waals surface area contributed by atoms with Gasteiger partial charge >= 0.3 is 0 Å². The van der Waals surface area contributed by atoms with Crippen LogP contribution in [0.5, 0.6) is 0 Å². The highest BCUT2D eigenvalue weighted by atomic mass is 16.5. The minimum absolute atomic E-state index is 0.0978. The van der Waals surface area contributed by atoms with Gasteiger partial charge in [-0.3, -0.25) is 4.79 Å². The largest absolute Gasteiger partial charge is 0.377 e. The van der Waals surface area contributed by atoms with Gasteiger partial charge in [-0.05, 0) is 0 Å². The van der Waals surface area contributed by atoms with E-state index in [1.165, 1.54) is 0 Å². The molecule has 0 spiro atoms. The molecule has 1 rings (SSSR count). The highest BCUT2D eigenvalue weighted by Crippen LogP contribution is 2.11. The molecule has 11 heavy (non-hydrogen) atoms. The smallest absolute Gasteiger partial charge is 0.225 e. The molecular formula is C8H15NO2. The number of likely N-dealkylation sites (N-methyl/N-ethyl adjacent to an activating group) is 1. The topological polar surface area (TPSA) is 29.5 Å². The molecule has 0 aromatic heterocycles. The summed E-state index contributed by atoms with van der Waals surface area (Å²) in [4.78, 5) is 13.1. The van der Waals surface area contributed by atoms with E-state index in [1.807, 2.05) is 20.9 Å². The average molecular weight is 157 g/mol. The minimum atomic E-state index is 0.0978. The van der Waals surface area contributed by atoms with Gasteiger partial charge in [0.15, 0.2) is 0 Å². The van der Waals surface area contributed by atoms with Crippen molar-refractivity contribution in [3.8, 4) is 0 Å². The van der Waals surface area contributed by atoms with Crippen molar-refractivity contribution in [2.75, 3.05) is 20.3 Å². The van der Waals surface area contributed by atoms with Crippen molar-refractivity contribution < 1.29 is 9.53 Å². The van der Waals surface area contributed by atoms with E-state index in [9.17, 15) is 4.79 Å². The van der Waals surface area contributed by atoms with Gasteiger partial charge in [-0.25, -0.2) is 0 Å². The molecule has 1 amide bonds. The number of hydrogen-bond acceptors (Lipinski definition) is 2. The predicted octanol–water partition coefficient (Wildman–Crippen LogP) is 0.500. The highest BCUT2D eigenvalue weighted by Gasteiger charge is 2.27. The van der Waals surface area contributed by atoms with Crippen LogP contribution in [-0.4, -0.2) is 37.1 Å². The quantitative estimate of drug-likeness (QED) is 0.584. The van der Waals surface area contributed by atoms with Crippen LogP contribution in [0.1, 0.15) is 13.8 Å². The maximum atomic E-state index is 11.3. The molecule has 3 heteroatoms. The molecule has 1 aliphatic heterocycles. The molecule has 0 radical (unpaired) electrons. The van der Waals surface area contributed by atoms with E-state index in [0.29, 0.717) is 19.3 Å². The summed E-state index contributed by atoms with van der Waals surface area (Å²) < 4.78 is 4.99. The zero-order valence-electron chi connectivity index (χ0n) is 7.33. The Labute approximate surface area is 67.3 Å². The Morgan fingerprint density at radius 3 is 2.36 bits per heavy atom. The van der Waals surface area contributed by atoms with Crippen molar-refractivity contribution in [2.45, 2.75) is 19.9 Å². The molecule has 1 saturated heterocycles. The number of amides is 1. The van der Waals surface area contributed by atoms with Crippen molar-refractivity contribution in [1.82, 2.24) is 4.90 Å². The molecule has 0 N–H and O–H groups in total. The van der Waals surface area contributed by atoms with E-state index in [1.54, 1.807) is 4.90 Å². The van der Waals surface area contributed by atoms with E-state index in [0.717, 1.165) is 0 Å². The predicted molar refractivity (Wildman–Crippen MR) is 42.2 cm³/mol. The third-order valence-electron chi connectivity index (χ3n) is 2.01. The van der Waals surface area contributed by atoms with Crippen molar-refractivity contribution >= 4 is 5.91 Å². The molecule has 0 aromatic carbocycles. The van der Waals surface area contributed by atoms with Crippen LogP contribution < -0.4 is 0 Å². The second-order valence-corrected chi connectivity index (χ2v) is 3.30. The lowest BCUT2D eigenvalue weighted by Crippen LogP contribution is -2.50. The Morgan fingerprint density at radius 1 is 1.55 bits per heavy atom. The van der Waals surface area contributed by atoms with Crippen LogP contribution >= 0.6 is 0 Å². The van der Waals surface area contributed by atoms with Crippen LogP contribution in [0.3, 0.4) is 0 Å². The van der Waals surface area contributed by atoms with Crippen LogP contribution in [0, 0.1) is 5.92 Å². The van der Waals surface area contributed by atoms with Gasteiger partial charge in [0, 0.05) is 13.0 Å². The second-order valence-electron chi connectivity index (χ2n) is 3.30.